The Labute approximate surface area is 146 Å². The highest BCUT2D eigenvalue weighted by atomic mass is 16.5. The van der Waals surface area contributed by atoms with Crippen LogP contribution < -0.4 is 20.3 Å². The number of benzene rings is 1. The Hall–Kier alpha value is -2.76. The number of methoxy groups -OCH3 is 1. The van der Waals surface area contributed by atoms with Crippen molar-refractivity contribution in [1.82, 2.24) is 4.57 Å². The molecule has 0 fully saturated rings. The van der Waals surface area contributed by atoms with Crippen molar-refractivity contribution in [1.29, 1.82) is 0 Å². The lowest BCUT2D eigenvalue weighted by molar-refractivity contribution is 0.102. The summed E-state index contributed by atoms with van der Waals surface area (Å²) in [5.74, 6) is 0.624. The smallest absolute Gasteiger partial charge is 0.261 e. The summed E-state index contributed by atoms with van der Waals surface area (Å²) >= 11 is 0. The molecule has 0 spiro atoms. The van der Waals surface area contributed by atoms with Gasteiger partial charge in [0.25, 0.3) is 11.5 Å². The molecule has 25 heavy (non-hydrogen) atoms. The van der Waals surface area contributed by atoms with Crippen molar-refractivity contribution < 1.29 is 14.3 Å². The summed E-state index contributed by atoms with van der Waals surface area (Å²) < 4.78 is 12.6. The fourth-order valence-corrected chi connectivity index (χ4v) is 3.18. The normalized spacial score (nSPS) is 13.0. The van der Waals surface area contributed by atoms with Crippen LogP contribution in [0.5, 0.6) is 11.5 Å². The van der Waals surface area contributed by atoms with E-state index in [9.17, 15) is 9.59 Å². The van der Waals surface area contributed by atoms with Gasteiger partial charge in [-0.1, -0.05) is 12.1 Å². The number of amides is 1. The highest BCUT2D eigenvalue weighted by Gasteiger charge is 2.24. The number of nitrogens with zero attached hydrogens (tertiary/aromatic N) is 1. The van der Waals surface area contributed by atoms with Gasteiger partial charge in [-0.05, 0) is 38.3 Å². The predicted molar refractivity (Wildman–Crippen MR) is 95.8 cm³/mol. The Morgan fingerprint density at radius 1 is 1.24 bits per heavy atom. The Morgan fingerprint density at radius 3 is 2.80 bits per heavy atom. The van der Waals surface area contributed by atoms with E-state index in [0.717, 1.165) is 18.5 Å². The van der Waals surface area contributed by atoms with E-state index in [1.807, 2.05) is 19.1 Å². The molecule has 0 aliphatic carbocycles. The summed E-state index contributed by atoms with van der Waals surface area (Å²) in [6.07, 6.45) is 2.57. The van der Waals surface area contributed by atoms with Crippen LogP contribution in [0.15, 0.2) is 35.1 Å². The van der Waals surface area contributed by atoms with Crippen molar-refractivity contribution in [3.63, 3.8) is 0 Å². The summed E-state index contributed by atoms with van der Waals surface area (Å²) in [5.41, 5.74) is 1.63. The van der Waals surface area contributed by atoms with Gasteiger partial charge in [-0.15, -0.1) is 0 Å². The lowest BCUT2D eigenvalue weighted by Crippen LogP contribution is -2.30. The summed E-state index contributed by atoms with van der Waals surface area (Å²) in [5, 5.41) is 2.90. The Morgan fingerprint density at radius 2 is 2.04 bits per heavy atom. The van der Waals surface area contributed by atoms with Crippen molar-refractivity contribution in [2.75, 3.05) is 19.0 Å². The number of ether oxygens (including phenoxy) is 2. The van der Waals surface area contributed by atoms with Crippen LogP contribution >= 0.6 is 0 Å². The third kappa shape index (κ3) is 3.38. The third-order valence-electron chi connectivity index (χ3n) is 4.31. The number of rotatable bonds is 5. The minimum absolute atomic E-state index is 0.127. The standard InChI is InChI=1S/C19H22N2O4/c1-3-25-15-10-5-4-8-13(15)20-19(23)18-14-9-6-7-11-21(14)17(22)12-16(18)24-2/h4-5,8,10,12H,3,6-7,9,11H2,1-2H3,(H,20,23). The van der Waals surface area contributed by atoms with Crippen molar-refractivity contribution in [2.45, 2.75) is 32.7 Å². The van der Waals surface area contributed by atoms with E-state index in [1.54, 1.807) is 16.7 Å². The van der Waals surface area contributed by atoms with Crippen LogP contribution in [0.1, 0.15) is 35.8 Å². The number of para-hydroxylation sites is 2. The number of hydrogen-bond acceptors (Lipinski definition) is 4. The molecule has 1 aromatic carbocycles. The average Bonchev–Trinajstić information content (AvgIpc) is 2.63. The van der Waals surface area contributed by atoms with E-state index >= 15 is 0 Å². The van der Waals surface area contributed by atoms with E-state index in [-0.39, 0.29) is 11.5 Å². The van der Waals surface area contributed by atoms with Crippen molar-refractivity contribution in [3.05, 3.63) is 51.9 Å². The first-order chi connectivity index (χ1) is 12.2. The van der Waals surface area contributed by atoms with Crippen molar-refractivity contribution in [3.8, 4) is 11.5 Å². The van der Waals surface area contributed by atoms with Gasteiger partial charge in [0.05, 0.1) is 19.4 Å². The molecule has 0 saturated carbocycles. The summed E-state index contributed by atoms with van der Waals surface area (Å²) in [4.78, 5) is 25.2. The molecule has 0 saturated heterocycles. The molecule has 0 radical (unpaired) electrons. The summed E-state index contributed by atoms with van der Waals surface area (Å²) in [6.45, 7) is 3.03. The molecule has 1 aliphatic heterocycles. The third-order valence-corrected chi connectivity index (χ3v) is 4.31. The lowest BCUT2D eigenvalue weighted by atomic mass is 10.0. The first-order valence-electron chi connectivity index (χ1n) is 8.49. The van der Waals surface area contributed by atoms with Crippen molar-refractivity contribution >= 4 is 11.6 Å². The molecular weight excluding hydrogens is 320 g/mol. The second kappa shape index (κ2) is 7.42. The van der Waals surface area contributed by atoms with Crippen LogP contribution in [0.25, 0.3) is 0 Å². The molecule has 1 aliphatic rings. The SMILES string of the molecule is CCOc1ccccc1NC(=O)c1c(OC)cc(=O)n2c1CCCC2. The molecule has 0 atom stereocenters. The molecule has 6 heteroatoms. The van der Waals surface area contributed by atoms with Crippen LogP contribution in [0, 0.1) is 0 Å². The number of nitrogens with one attached hydrogen (secondary N) is 1. The van der Waals surface area contributed by atoms with Crippen LogP contribution in [0.3, 0.4) is 0 Å². The van der Waals surface area contributed by atoms with E-state index in [0.29, 0.717) is 42.3 Å². The summed E-state index contributed by atoms with van der Waals surface area (Å²) in [6, 6.07) is 8.67. The van der Waals surface area contributed by atoms with Gasteiger partial charge in [0, 0.05) is 18.3 Å². The predicted octanol–water partition coefficient (Wildman–Crippen LogP) is 2.84. The number of carbonyl (C=O) groups excluding carboxylic acids is 1. The first kappa shape index (κ1) is 17.1. The molecule has 6 nitrogen and oxygen atoms in total. The van der Waals surface area contributed by atoms with E-state index in [4.69, 9.17) is 9.47 Å². The maximum atomic E-state index is 13.0. The number of aromatic nitrogens is 1. The average molecular weight is 342 g/mol. The van der Waals surface area contributed by atoms with Crippen LogP contribution in [0.2, 0.25) is 0 Å². The molecule has 3 rings (SSSR count). The second-order valence-electron chi connectivity index (χ2n) is 5.86. The minimum Gasteiger partial charge on any atom is -0.496 e. The Bertz CT molecular complexity index is 842. The molecule has 2 aromatic rings. The molecule has 1 amide bonds. The highest BCUT2D eigenvalue weighted by Crippen LogP contribution is 2.28. The molecular formula is C19H22N2O4. The van der Waals surface area contributed by atoms with Crippen LogP contribution in [-0.4, -0.2) is 24.2 Å². The zero-order valence-corrected chi connectivity index (χ0v) is 14.5. The van der Waals surface area contributed by atoms with Gasteiger partial charge in [0.2, 0.25) is 0 Å². The van der Waals surface area contributed by atoms with Gasteiger partial charge in [-0.2, -0.15) is 0 Å². The van der Waals surface area contributed by atoms with Gasteiger partial charge in [-0.3, -0.25) is 9.59 Å². The zero-order chi connectivity index (χ0) is 17.8. The zero-order valence-electron chi connectivity index (χ0n) is 14.5. The largest absolute Gasteiger partial charge is 0.496 e. The number of carbonyl (C=O) groups is 1. The number of fused-ring (bicyclic) bond motifs is 1. The minimum atomic E-state index is -0.297. The summed E-state index contributed by atoms with van der Waals surface area (Å²) in [7, 11) is 1.47. The topological polar surface area (TPSA) is 69.6 Å². The van der Waals surface area contributed by atoms with E-state index < -0.39 is 0 Å². The van der Waals surface area contributed by atoms with Crippen LogP contribution in [-0.2, 0) is 13.0 Å². The van der Waals surface area contributed by atoms with Gasteiger partial charge < -0.3 is 19.4 Å². The van der Waals surface area contributed by atoms with Crippen LogP contribution in [0.4, 0.5) is 5.69 Å². The lowest BCUT2D eigenvalue weighted by Gasteiger charge is -2.23. The van der Waals surface area contributed by atoms with Crippen molar-refractivity contribution in [2.24, 2.45) is 0 Å². The monoisotopic (exact) mass is 342 g/mol. The van der Waals surface area contributed by atoms with E-state index in [2.05, 4.69) is 5.32 Å². The van der Waals surface area contributed by atoms with Gasteiger partial charge >= 0.3 is 0 Å². The molecule has 1 aromatic heterocycles. The fraction of sp³-hybridized carbons (Fsp3) is 0.368. The van der Waals surface area contributed by atoms with Gasteiger partial charge in [-0.25, -0.2) is 0 Å². The molecule has 0 unspecified atom stereocenters. The highest BCUT2D eigenvalue weighted by molar-refractivity contribution is 6.07. The van der Waals surface area contributed by atoms with Gasteiger partial charge in [0.15, 0.2) is 0 Å². The maximum Gasteiger partial charge on any atom is 0.261 e. The number of anilines is 1. The molecule has 0 bridgehead atoms. The number of hydrogen-bond donors (Lipinski definition) is 1. The quantitative estimate of drug-likeness (QED) is 0.907. The Kier molecular flexibility index (Phi) is 5.07. The number of pyridine rings is 1. The molecule has 2 heterocycles. The molecule has 1 N–H and O–H groups in total. The van der Waals surface area contributed by atoms with Gasteiger partial charge in [0.1, 0.15) is 17.1 Å². The van der Waals surface area contributed by atoms with E-state index in [1.165, 1.54) is 13.2 Å². The second-order valence-corrected chi connectivity index (χ2v) is 5.86. The molecule has 132 valence electrons. The Balaban J connectivity index is 2.02. The maximum absolute atomic E-state index is 13.0. The first-order valence-corrected chi connectivity index (χ1v) is 8.49. The fourth-order valence-electron chi connectivity index (χ4n) is 3.18.